The van der Waals surface area contributed by atoms with E-state index in [1.54, 1.807) is 0 Å². The van der Waals surface area contributed by atoms with Crippen LogP contribution in [-0.2, 0) is 6.42 Å². The predicted octanol–water partition coefficient (Wildman–Crippen LogP) is 3.81. The minimum atomic E-state index is 0.113. The van der Waals surface area contributed by atoms with Crippen molar-refractivity contribution < 1.29 is 4.74 Å². The van der Waals surface area contributed by atoms with Gasteiger partial charge in [-0.1, -0.05) is 38.5 Å². The highest BCUT2D eigenvalue weighted by Gasteiger charge is 2.41. The van der Waals surface area contributed by atoms with Crippen LogP contribution in [0.4, 0.5) is 0 Å². The molecule has 0 atom stereocenters. The highest BCUT2D eigenvalue weighted by Crippen LogP contribution is 2.41. The average Bonchev–Trinajstić information content (AvgIpc) is 2.79. The van der Waals surface area contributed by atoms with Crippen LogP contribution < -0.4 is 4.74 Å². The highest BCUT2D eigenvalue weighted by atomic mass is 16.5. The topological polar surface area (TPSA) is 12.5 Å². The van der Waals surface area contributed by atoms with Gasteiger partial charge in [-0.15, -0.1) is 0 Å². The molecule has 0 radical (unpaired) electrons. The van der Waals surface area contributed by atoms with Crippen molar-refractivity contribution in [3.8, 4) is 5.75 Å². The fourth-order valence-electron chi connectivity index (χ4n) is 3.12. The summed E-state index contributed by atoms with van der Waals surface area (Å²) in [6.45, 7) is 11.9. The van der Waals surface area contributed by atoms with Crippen LogP contribution in [0.25, 0.3) is 0 Å². The summed E-state index contributed by atoms with van der Waals surface area (Å²) in [7, 11) is 0. The van der Waals surface area contributed by atoms with E-state index in [0.717, 1.165) is 12.2 Å². The Kier molecular flexibility index (Phi) is 4.51. The molecule has 19 heavy (non-hydrogen) atoms. The molecule has 0 saturated carbocycles. The summed E-state index contributed by atoms with van der Waals surface area (Å²) < 4.78 is 6.26. The monoisotopic (exact) mass is 261 g/mol. The van der Waals surface area contributed by atoms with E-state index < -0.39 is 0 Å². The standard InChI is InChI=1S/C15H21NO.C2H6/c1-3-16-8-6-15(7-9-16)11-13-10-12(2)4-5-14(13)17-15;1-2/h4-5,10H,3,6-9,11H2,1-2H3;1-2H3. The fourth-order valence-corrected chi connectivity index (χ4v) is 3.12. The van der Waals surface area contributed by atoms with E-state index in [1.807, 2.05) is 13.8 Å². The number of rotatable bonds is 1. The second-order valence-corrected chi connectivity index (χ2v) is 5.51. The van der Waals surface area contributed by atoms with Gasteiger partial charge in [-0.25, -0.2) is 0 Å². The third-order valence-corrected chi connectivity index (χ3v) is 4.27. The van der Waals surface area contributed by atoms with Crippen molar-refractivity contribution in [3.63, 3.8) is 0 Å². The van der Waals surface area contributed by atoms with Crippen LogP contribution in [0.3, 0.4) is 0 Å². The largest absolute Gasteiger partial charge is 0.487 e. The Bertz CT molecular complexity index is 419. The van der Waals surface area contributed by atoms with Gasteiger partial charge in [0.05, 0.1) is 0 Å². The number of likely N-dealkylation sites (tertiary alicyclic amines) is 1. The molecule has 0 aliphatic carbocycles. The molecule has 2 heterocycles. The lowest BCUT2D eigenvalue weighted by Crippen LogP contribution is -2.47. The zero-order valence-corrected chi connectivity index (χ0v) is 12.8. The van der Waals surface area contributed by atoms with Crippen LogP contribution in [0.1, 0.15) is 44.7 Å². The molecule has 1 saturated heterocycles. The fraction of sp³-hybridized carbons (Fsp3) is 0.647. The van der Waals surface area contributed by atoms with Crippen molar-refractivity contribution in [3.05, 3.63) is 29.3 Å². The Morgan fingerprint density at radius 1 is 1.21 bits per heavy atom. The minimum absolute atomic E-state index is 0.113. The molecule has 0 N–H and O–H groups in total. The van der Waals surface area contributed by atoms with Gasteiger partial charge in [-0.2, -0.15) is 0 Å². The number of hydrogen-bond acceptors (Lipinski definition) is 2. The summed E-state index contributed by atoms with van der Waals surface area (Å²) in [4.78, 5) is 2.52. The zero-order chi connectivity index (χ0) is 13.9. The first-order valence-electron chi connectivity index (χ1n) is 7.72. The van der Waals surface area contributed by atoms with Gasteiger partial charge in [0.15, 0.2) is 0 Å². The number of piperidine rings is 1. The van der Waals surface area contributed by atoms with Crippen LogP contribution in [0.15, 0.2) is 18.2 Å². The van der Waals surface area contributed by atoms with Gasteiger partial charge >= 0.3 is 0 Å². The van der Waals surface area contributed by atoms with Gasteiger partial charge in [-0.3, -0.25) is 0 Å². The molecule has 3 rings (SSSR count). The molecular formula is C17H27NO. The van der Waals surface area contributed by atoms with E-state index in [1.165, 1.54) is 43.6 Å². The number of fused-ring (bicyclic) bond motifs is 1. The number of benzene rings is 1. The Balaban J connectivity index is 0.000000637. The lowest BCUT2D eigenvalue weighted by atomic mass is 9.87. The van der Waals surface area contributed by atoms with E-state index in [-0.39, 0.29) is 5.60 Å². The van der Waals surface area contributed by atoms with E-state index in [2.05, 4.69) is 36.9 Å². The first-order chi connectivity index (χ1) is 9.21. The number of aryl methyl sites for hydroxylation is 1. The van der Waals surface area contributed by atoms with Crippen LogP contribution >= 0.6 is 0 Å². The Hall–Kier alpha value is -1.02. The van der Waals surface area contributed by atoms with Gasteiger partial charge in [0, 0.05) is 32.4 Å². The van der Waals surface area contributed by atoms with Crippen LogP contribution in [-0.4, -0.2) is 30.1 Å². The van der Waals surface area contributed by atoms with Crippen molar-refractivity contribution >= 4 is 0 Å². The number of hydrogen-bond donors (Lipinski definition) is 0. The molecule has 1 aromatic carbocycles. The summed E-state index contributed by atoms with van der Waals surface area (Å²) in [5.41, 5.74) is 2.87. The normalized spacial score (nSPS) is 20.4. The molecule has 0 aromatic heterocycles. The van der Waals surface area contributed by atoms with Crippen molar-refractivity contribution in [2.24, 2.45) is 0 Å². The molecule has 2 nitrogen and oxygen atoms in total. The van der Waals surface area contributed by atoms with Gasteiger partial charge in [-0.05, 0) is 25.1 Å². The Labute approximate surface area is 117 Å². The SMILES string of the molecule is CC.CCN1CCC2(CC1)Cc1cc(C)ccc1O2. The van der Waals surface area contributed by atoms with E-state index in [9.17, 15) is 0 Å². The van der Waals surface area contributed by atoms with Crippen molar-refractivity contribution in [2.75, 3.05) is 19.6 Å². The smallest absolute Gasteiger partial charge is 0.123 e. The second kappa shape index (κ2) is 5.96. The van der Waals surface area contributed by atoms with Crippen molar-refractivity contribution in [2.45, 2.75) is 52.6 Å². The number of ether oxygens (including phenoxy) is 1. The van der Waals surface area contributed by atoms with Gasteiger partial charge in [0.25, 0.3) is 0 Å². The lowest BCUT2D eigenvalue weighted by molar-refractivity contribution is 0.0211. The van der Waals surface area contributed by atoms with E-state index >= 15 is 0 Å². The highest BCUT2D eigenvalue weighted by molar-refractivity contribution is 5.42. The van der Waals surface area contributed by atoms with Crippen molar-refractivity contribution in [1.29, 1.82) is 0 Å². The molecule has 2 aliphatic rings. The van der Waals surface area contributed by atoms with Crippen LogP contribution in [0.2, 0.25) is 0 Å². The van der Waals surface area contributed by atoms with Crippen LogP contribution in [0.5, 0.6) is 5.75 Å². The predicted molar refractivity (Wildman–Crippen MR) is 80.9 cm³/mol. The maximum atomic E-state index is 6.26. The van der Waals surface area contributed by atoms with E-state index in [0.29, 0.717) is 0 Å². The Morgan fingerprint density at radius 2 is 1.89 bits per heavy atom. The molecule has 1 spiro atoms. The zero-order valence-electron chi connectivity index (χ0n) is 12.8. The maximum absolute atomic E-state index is 6.26. The third-order valence-electron chi connectivity index (χ3n) is 4.27. The molecule has 0 unspecified atom stereocenters. The lowest BCUT2D eigenvalue weighted by Gasteiger charge is -2.38. The maximum Gasteiger partial charge on any atom is 0.123 e. The van der Waals surface area contributed by atoms with Crippen molar-refractivity contribution in [1.82, 2.24) is 4.90 Å². The minimum Gasteiger partial charge on any atom is -0.487 e. The quantitative estimate of drug-likeness (QED) is 0.762. The van der Waals surface area contributed by atoms with E-state index in [4.69, 9.17) is 4.74 Å². The molecule has 106 valence electrons. The first-order valence-corrected chi connectivity index (χ1v) is 7.72. The summed E-state index contributed by atoms with van der Waals surface area (Å²) in [5, 5.41) is 0. The molecule has 1 fully saturated rings. The first kappa shape index (κ1) is 14.4. The summed E-state index contributed by atoms with van der Waals surface area (Å²) in [6.07, 6.45) is 3.46. The molecule has 2 aliphatic heterocycles. The summed E-state index contributed by atoms with van der Waals surface area (Å²) in [6, 6.07) is 6.58. The molecular weight excluding hydrogens is 234 g/mol. The molecule has 0 bridgehead atoms. The van der Waals surface area contributed by atoms with Gasteiger partial charge < -0.3 is 9.64 Å². The van der Waals surface area contributed by atoms with Gasteiger partial charge in [0.2, 0.25) is 0 Å². The summed E-state index contributed by atoms with van der Waals surface area (Å²) in [5.74, 6) is 1.13. The Morgan fingerprint density at radius 3 is 2.53 bits per heavy atom. The second-order valence-electron chi connectivity index (χ2n) is 5.51. The average molecular weight is 261 g/mol. The van der Waals surface area contributed by atoms with Gasteiger partial charge in [0.1, 0.15) is 11.4 Å². The third kappa shape index (κ3) is 2.94. The molecule has 1 aromatic rings. The number of nitrogens with zero attached hydrogens (tertiary/aromatic N) is 1. The molecule has 0 amide bonds. The summed E-state index contributed by atoms with van der Waals surface area (Å²) >= 11 is 0. The van der Waals surface area contributed by atoms with Crippen LogP contribution in [0, 0.1) is 6.92 Å². The molecule has 2 heteroatoms.